The lowest BCUT2D eigenvalue weighted by molar-refractivity contribution is 0.0561. The molecule has 1 fully saturated rings. The van der Waals surface area contributed by atoms with Crippen molar-refractivity contribution in [3.63, 3.8) is 0 Å². The number of carbonyl (C=O) groups excluding carboxylic acids is 1. The van der Waals surface area contributed by atoms with E-state index >= 15 is 0 Å². The average Bonchev–Trinajstić information content (AvgIpc) is 2.74. The van der Waals surface area contributed by atoms with Crippen LogP contribution < -0.4 is 0 Å². The van der Waals surface area contributed by atoms with Gasteiger partial charge in [-0.1, -0.05) is 0 Å². The summed E-state index contributed by atoms with van der Waals surface area (Å²) >= 11 is 0. The molecule has 6 heteroatoms. The lowest BCUT2D eigenvalue weighted by Gasteiger charge is -2.37. The van der Waals surface area contributed by atoms with Crippen molar-refractivity contribution in [2.24, 2.45) is 0 Å². The summed E-state index contributed by atoms with van der Waals surface area (Å²) in [7, 11) is 2.07. The topological polar surface area (TPSA) is 65.1 Å². The Hall–Kier alpha value is -1.43. The summed E-state index contributed by atoms with van der Waals surface area (Å²) in [4.78, 5) is 19.8. The van der Waals surface area contributed by atoms with Crippen molar-refractivity contribution < 1.29 is 4.79 Å². The van der Waals surface area contributed by atoms with E-state index in [-0.39, 0.29) is 5.91 Å². The number of aromatic amines is 1. The molecule has 0 bridgehead atoms. The predicted molar refractivity (Wildman–Crippen MR) is 54.4 cm³/mol. The Balaban J connectivity index is 2.03. The fourth-order valence-electron chi connectivity index (χ4n) is 1.69. The van der Waals surface area contributed by atoms with Crippen molar-refractivity contribution >= 4 is 5.91 Å². The summed E-state index contributed by atoms with van der Waals surface area (Å²) in [5.41, 5.74) is 0. The van der Waals surface area contributed by atoms with Gasteiger partial charge in [0, 0.05) is 25.7 Å². The summed E-state index contributed by atoms with van der Waals surface area (Å²) in [5.74, 6) is 0.263. The summed E-state index contributed by atoms with van der Waals surface area (Å²) in [6.45, 7) is 4.51. The first kappa shape index (κ1) is 10.1. The van der Waals surface area contributed by atoms with Crippen LogP contribution in [-0.2, 0) is 0 Å². The maximum atomic E-state index is 11.9. The molecule has 82 valence electrons. The fourth-order valence-corrected chi connectivity index (χ4v) is 1.69. The van der Waals surface area contributed by atoms with Crippen LogP contribution in [0.25, 0.3) is 0 Å². The number of H-pyrrole nitrogens is 1. The van der Waals surface area contributed by atoms with Gasteiger partial charge in [-0.05, 0) is 14.0 Å². The molecule has 2 heterocycles. The van der Waals surface area contributed by atoms with Gasteiger partial charge in [-0.25, -0.2) is 4.98 Å². The van der Waals surface area contributed by atoms with Gasteiger partial charge in [0.25, 0.3) is 5.91 Å². The van der Waals surface area contributed by atoms with E-state index in [2.05, 4.69) is 34.1 Å². The third-order valence-corrected chi connectivity index (χ3v) is 2.86. The van der Waals surface area contributed by atoms with Gasteiger partial charge in [-0.15, -0.1) is 0 Å². The van der Waals surface area contributed by atoms with Gasteiger partial charge in [0.05, 0.1) is 0 Å². The van der Waals surface area contributed by atoms with E-state index in [0.717, 1.165) is 19.6 Å². The van der Waals surface area contributed by atoms with E-state index in [1.807, 2.05) is 4.90 Å². The quantitative estimate of drug-likeness (QED) is 0.682. The molecule has 0 radical (unpaired) electrons. The molecule has 1 aromatic heterocycles. The zero-order valence-corrected chi connectivity index (χ0v) is 8.97. The first-order chi connectivity index (χ1) is 7.18. The highest BCUT2D eigenvalue weighted by Gasteiger charge is 2.26. The Bertz CT molecular complexity index is 336. The van der Waals surface area contributed by atoms with Crippen molar-refractivity contribution in [1.29, 1.82) is 0 Å². The Morgan fingerprint density at radius 3 is 3.00 bits per heavy atom. The molecule has 1 unspecified atom stereocenters. The van der Waals surface area contributed by atoms with Crippen molar-refractivity contribution in [3.8, 4) is 0 Å². The van der Waals surface area contributed by atoms with Gasteiger partial charge >= 0.3 is 0 Å². The number of likely N-dealkylation sites (N-methyl/N-ethyl adjacent to an activating group) is 1. The number of piperazine rings is 1. The minimum Gasteiger partial charge on any atom is -0.333 e. The maximum Gasteiger partial charge on any atom is 0.291 e. The normalized spacial score (nSPS) is 23.1. The highest BCUT2D eigenvalue weighted by atomic mass is 16.2. The van der Waals surface area contributed by atoms with Crippen molar-refractivity contribution in [1.82, 2.24) is 25.0 Å². The molecule has 1 aliphatic rings. The second-order valence-electron chi connectivity index (χ2n) is 3.91. The largest absolute Gasteiger partial charge is 0.333 e. The van der Waals surface area contributed by atoms with E-state index in [9.17, 15) is 4.79 Å². The fraction of sp³-hybridized carbons (Fsp3) is 0.667. The second-order valence-corrected chi connectivity index (χ2v) is 3.91. The van der Waals surface area contributed by atoms with Gasteiger partial charge in [-0.2, -0.15) is 5.10 Å². The van der Waals surface area contributed by atoms with Crippen LogP contribution >= 0.6 is 0 Å². The summed E-state index contributed by atoms with van der Waals surface area (Å²) in [6.07, 6.45) is 1.35. The van der Waals surface area contributed by atoms with Crippen LogP contribution in [0, 0.1) is 0 Å². The molecule has 6 nitrogen and oxygen atoms in total. The van der Waals surface area contributed by atoms with Crippen molar-refractivity contribution in [2.75, 3.05) is 26.7 Å². The Kier molecular flexibility index (Phi) is 2.68. The van der Waals surface area contributed by atoms with Gasteiger partial charge in [0.1, 0.15) is 6.33 Å². The number of nitrogens with one attached hydrogen (secondary N) is 1. The van der Waals surface area contributed by atoms with Crippen LogP contribution in [0.5, 0.6) is 0 Å². The lowest BCUT2D eigenvalue weighted by Crippen LogP contribution is -2.52. The molecule has 0 spiro atoms. The van der Waals surface area contributed by atoms with Crippen molar-refractivity contribution in [3.05, 3.63) is 12.2 Å². The first-order valence-electron chi connectivity index (χ1n) is 5.03. The molecular formula is C9H15N5O. The number of carbonyl (C=O) groups is 1. The number of hydrogen-bond donors (Lipinski definition) is 1. The smallest absolute Gasteiger partial charge is 0.291 e. The van der Waals surface area contributed by atoms with Crippen LogP contribution in [-0.4, -0.2) is 63.6 Å². The predicted octanol–water partition coefficient (Wildman–Crippen LogP) is -0.419. The molecule has 1 aliphatic heterocycles. The SMILES string of the molecule is CC1CN(C(=O)c2ncn[nH]2)CCN1C. The van der Waals surface area contributed by atoms with Crippen LogP contribution in [0.1, 0.15) is 17.5 Å². The third-order valence-electron chi connectivity index (χ3n) is 2.86. The molecule has 1 N–H and O–H groups in total. The third kappa shape index (κ3) is 1.99. The molecule has 0 saturated carbocycles. The summed E-state index contributed by atoms with van der Waals surface area (Å²) in [6, 6.07) is 0.394. The van der Waals surface area contributed by atoms with Crippen LogP contribution in [0.4, 0.5) is 0 Å². The number of aromatic nitrogens is 3. The average molecular weight is 209 g/mol. The Morgan fingerprint density at radius 2 is 2.40 bits per heavy atom. The number of amides is 1. The standard InChI is InChI=1S/C9H15N5O/c1-7-5-14(4-3-13(7)2)9(15)8-10-6-11-12-8/h6-7H,3-5H2,1-2H3,(H,10,11,12). The van der Waals surface area contributed by atoms with Gasteiger partial charge in [0.2, 0.25) is 5.82 Å². The molecule has 0 aliphatic carbocycles. The van der Waals surface area contributed by atoms with Gasteiger partial charge < -0.3 is 9.80 Å². The zero-order valence-electron chi connectivity index (χ0n) is 8.97. The van der Waals surface area contributed by atoms with Gasteiger partial charge in [-0.3, -0.25) is 9.89 Å². The molecule has 1 aromatic rings. The number of rotatable bonds is 1. The summed E-state index contributed by atoms with van der Waals surface area (Å²) in [5, 5.41) is 6.27. The molecule has 1 saturated heterocycles. The van der Waals surface area contributed by atoms with E-state index < -0.39 is 0 Å². The first-order valence-corrected chi connectivity index (χ1v) is 5.03. The number of hydrogen-bond acceptors (Lipinski definition) is 4. The van der Waals surface area contributed by atoms with Gasteiger partial charge in [0.15, 0.2) is 0 Å². The monoisotopic (exact) mass is 209 g/mol. The highest BCUT2D eigenvalue weighted by Crippen LogP contribution is 2.08. The molecule has 0 aromatic carbocycles. The Labute approximate surface area is 88.3 Å². The highest BCUT2D eigenvalue weighted by molar-refractivity contribution is 5.90. The minimum atomic E-state index is -0.0625. The molecule has 15 heavy (non-hydrogen) atoms. The van der Waals surface area contributed by atoms with Crippen LogP contribution in [0.2, 0.25) is 0 Å². The zero-order chi connectivity index (χ0) is 10.8. The van der Waals surface area contributed by atoms with E-state index in [1.165, 1.54) is 6.33 Å². The van der Waals surface area contributed by atoms with Crippen LogP contribution in [0.3, 0.4) is 0 Å². The second kappa shape index (κ2) is 3.98. The maximum absolute atomic E-state index is 11.9. The lowest BCUT2D eigenvalue weighted by atomic mass is 10.2. The molecule has 1 amide bonds. The number of nitrogens with zero attached hydrogens (tertiary/aromatic N) is 4. The molecule has 1 atom stereocenters. The van der Waals surface area contributed by atoms with Crippen molar-refractivity contribution in [2.45, 2.75) is 13.0 Å². The van der Waals surface area contributed by atoms with E-state index in [1.54, 1.807) is 0 Å². The molecule has 2 rings (SSSR count). The minimum absolute atomic E-state index is 0.0625. The van der Waals surface area contributed by atoms with E-state index in [0.29, 0.717) is 11.9 Å². The van der Waals surface area contributed by atoms with Crippen LogP contribution in [0.15, 0.2) is 6.33 Å². The molecular weight excluding hydrogens is 194 g/mol. The van der Waals surface area contributed by atoms with E-state index in [4.69, 9.17) is 0 Å². The Morgan fingerprint density at radius 1 is 1.60 bits per heavy atom. The summed E-state index contributed by atoms with van der Waals surface area (Å²) < 4.78 is 0.